The van der Waals surface area contributed by atoms with Gasteiger partial charge in [0.25, 0.3) is 0 Å². The summed E-state index contributed by atoms with van der Waals surface area (Å²) in [6.45, 7) is 2.65. The van der Waals surface area contributed by atoms with E-state index < -0.39 is 0 Å². The highest BCUT2D eigenvalue weighted by molar-refractivity contribution is 6.32. The Morgan fingerprint density at radius 1 is 1.08 bits per heavy atom. The highest BCUT2D eigenvalue weighted by Crippen LogP contribution is 2.35. The Kier molecular flexibility index (Phi) is 6.95. The van der Waals surface area contributed by atoms with Crippen molar-refractivity contribution in [3.05, 3.63) is 47.0 Å². The minimum atomic E-state index is -0.125. The molecule has 0 heterocycles. The molecule has 0 fully saturated rings. The summed E-state index contributed by atoms with van der Waals surface area (Å²) in [6.07, 6.45) is 1.33. The second-order valence-corrected chi connectivity index (χ2v) is 5.87. The first-order valence-electron chi connectivity index (χ1n) is 8.11. The van der Waals surface area contributed by atoms with Gasteiger partial charge in [-0.1, -0.05) is 30.7 Å². The highest BCUT2D eigenvalue weighted by atomic mass is 35.5. The predicted octanol–water partition coefficient (Wildman–Crippen LogP) is 4.36. The van der Waals surface area contributed by atoms with Gasteiger partial charge in [0.15, 0.2) is 0 Å². The van der Waals surface area contributed by atoms with Gasteiger partial charge in [-0.3, -0.25) is 4.79 Å². The SMILES string of the molecule is CCc1ccc(NCCC(=O)Nc2cc(OC)c(Cl)cc2OC)cc1. The lowest BCUT2D eigenvalue weighted by molar-refractivity contribution is -0.116. The first kappa shape index (κ1) is 18.9. The van der Waals surface area contributed by atoms with Crippen LogP contribution in [0.3, 0.4) is 0 Å². The zero-order chi connectivity index (χ0) is 18.2. The molecule has 0 aliphatic carbocycles. The largest absolute Gasteiger partial charge is 0.495 e. The number of nitrogens with one attached hydrogen (secondary N) is 2. The maximum Gasteiger partial charge on any atom is 0.226 e. The van der Waals surface area contributed by atoms with E-state index in [9.17, 15) is 4.79 Å². The van der Waals surface area contributed by atoms with Crippen molar-refractivity contribution in [1.82, 2.24) is 0 Å². The molecule has 134 valence electrons. The summed E-state index contributed by atoms with van der Waals surface area (Å²) in [5.74, 6) is 0.842. The molecule has 0 bridgehead atoms. The molecule has 2 aromatic carbocycles. The molecule has 0 aliphatic rings. The molecule has 5 nitrogen and oxygen atoms in total. The lowest BCUT2D eigenvalue weighted by Crippen LogP contribution is -2.16. The number of ether oxygens (including phenoxy) is 2. The third kappa shape index (κ3) is 5.29. The molecule has 2 N–H and O–H groups in total. The lowest BCUT2D eigenvalue weighted by Gasteiger charge is -2.13. The Balaban J connectivity index is 1.91. The van der Waals surface area contributed by atoms with Gasteiger partial charge in [0.05, 0.1) is 24.9 Å². The molecule has 1 amide bonds. The maximum atomic E-state index is 12.2. The number of aryl methyl sites for hydroxylation is 1. The van der Waals surface area contributed by atoms with E-state index in [0.717, 1.165) is 12.1 Å². The van der Waals surface area contributed by atoms with Crippen molar-refractivity contribution in [2.75, 3.05) is 31.4 Å². The molecule has 0 aromatic heterocycles. The van der Waals surface area contributed by atoms with E-state index >= 15 is 0 Å². The topological polar surface area (TPSA) is 59.6 Å². The van der Waals surface area contributed by atoms with Crippen molar-refractivity contribution in [2.24, 2.45) is 0 Å². The van der Waals surface area contributed by atoms with Crippen molar-refractivity contribution >= 4 is 28.9 Å². The highest BCUT2D eigenvalue weighted by Gasteiger charge is 2.12. The molecule has 0 saturated heterocycles. The summed E-state index contributed by atoms with van der Waals surface area (Å²) in [7, 11) is 3.04. The molecular formula is C19H23ClN2O3. The van der Waals surface area contributed by atoms with E-state index in [1.54, 1.807) is 12.1 Å². The van der Waals surface area contributed by atoms with Gasteiger partial charge in [0, 0.05) is 30.8 Å². The van der Waals surface area contributed by atoms with Crippen LogP contribution in [0.25, 0.3) is 0 Å². The second-order valence-electron chi connectivity index (χ2n) is 5.46. The quantitative estimate of drug-likeness (QED) is 0.732. The maximum absolute atomic E-state index is 12.2. The summed E-state index contributed by atoms with van der Waals surface area (Å²) >= 11 is 6.06. The summed E-state index contributed by atoms with van der Waals surface area (Å²) in [6, 6.07) is 11.5. The van der Waals surface area contributed by atoms with Crippen LogP contribution in [-0.4, -0.2) is 26.7 Å². The fourth-order valence-corrected chi connectivity index (χ4v) is 2.58. The molecule has 0 radical (unpaired) electrons. The fraction of sp³-hybridized carbons (Fsp3) is 0.316. The molecule has 0 unspecified atom stereocenters. The van der Waals surface area contributed by atoms with Crippen molar-refractivity contribution in [1.29, 1.82) is 0 Å². The number of hydrogen-bond acceptors (Lipinski definition) is 4. The van der Waals surface area contributed by atoms with Crippen molar-refractivity contribution < 1.29 is 14.3 Å². The molecule has 6 heteroatoms. The Morgan fingerprint density at radius 2 is 1.76 bits per heavy atom. The fourth-order valence-electron chi connectivity index (χ4n) is 2.35. The molecule has 0 spiro atoms. The van der Waals surface area contributed by atoms with Gasteiger partial charge in [0.1, 0.15) is 11.5 Å². The second kappa shape index (κ2) is 9.18. The normalized spacial score (nSPS) is 10.2. The number of amides is 1. The smallest absolute Gasteiger partial charge is 0.226 e. The molecule has 0 atom stereocenters. The van der Waals surface area contributed by atoms with Gasteiger partial charge >= 0.3 is 0 Å². The van der Waals surface area contributed by atoms with Crippen molar-refractivity contribution in [2.45, 2.75) is 19.8 Å². The monoisotopic (exact) mass is 362 g/mol. The van der Waals surface area contributed by atoms with E-state index in [-0.39, 0.29) is 5.91 Å². The molecule has 2 aromatic rings. The van der Waals surface area contributed by atoms with E-state index in [0.29, 0.717) is 35.2 Å². The van der Waals surface area contributed by atoms with Crippen LogP contribution >= 0.6 is 11.6 Å². The van der Waals surface area contributed by atoms with E-state index in [2.05, 4.69) is 29.7 Å². The number of benzene rings is 2. The van der Waals surface area contributed by atoms with Gasteiger partial charge in [-0.25, -0.2) is 0 Å². The average Bonchev–Trinajstić information content (AvgIpc) is 2.63. The Hall–Kier alpha value is -2.40. The molecule has 0 saturated carbocycles. The van der Waals surface area contributed by atoms with Gasteiger partial charge in [-0.15, -0.1) is 0 Å². The third-order valence-corrected chi connectivity index (χ3v) is 4.09. The number of rotatable bonds is 8. The number of anilines is 2. The third-order valence-electron chi connectivity index (χ3n) is 3.79. The number of carbonyl (C=O) groups excluding carboxylic acids is 1. The lowest BCUT2D eigenvalue weighted by atomic mass is 10.1. The van der Waals surface area contributed by atoms with Gasteiger partial charge in [-0.2, -0.15) is 0 Å². The number of halogens is 1. The molecular weight excluding hydrogens is 340 g/mol. The van der Waals surface area contributed by atoms with Crippen LogP contribution in [0.5, 0.6) is 11.5 Å². The van der Waals surface area contributed by atoms with Crippen molar-refractivity contribution in [3.8, 4) is 11.5 Å². The zero-order valence-electron chi connectivity index (χ0n) is 14.7. The van der Waals surface area contributed by atoms with Crippen LogP contribution in [0.15, 0.2) is 36.4 Å². The summed E-state index contributed by atoms with van der Waals surface area (Å²) < 4.78 is 10.4. The van der Waals surface area contributed by atoms with E-state index in [1.807, 2.05) is 12.1 Å². The van der Waals surface area contributed by atoms with Gasteiger partial charge in [0.2, 0.25) is 5.91 Å². The van der Waals surface area contributed by atoms with Crippen LogP contribution < -0.4 is 20.1 Å². The van der Waals surface area contributed by atoms with E-state index in [1.165, 1.54) is 19.8 Å². The van der Waals surface area contributed by atoms with Crippen LogP contribution in [-0.2, 0) is 11.2 Å². The summed E-state index contributed by atoms with van der Waals surface area (Å²) in [4.78, 5) is 12.2. The standard InChI is InChI=1S/C19H23ClN2O3/c1-4-13-5-7-14(8-6-13)21-10-9-19(23)22-16-12-17(24-2)15(20)11-18(16)25-3/h5-8,11-12,21H,4,9-10H2,1-3H3,(H,22,23). The van der Waals surface area contributed by atoms with Crippen molar-refractivity contribution in [3.63, 3.8) is 0 Å². The first-order chi connectivity index (χ1) is 12.1. The average molecular weight is 363 g/mol. The Labute approximate surface area is 153 Å². The van der Waals surface area contributed by atoms with Crippen LogP contribution in [0.2, 0.25) is 5.02 Å². The zero-order valence-corrected chi connectivity index (χ0v) is 15.4. The van der Waals surface area contributed by atoms with Crippen LogP contribution in [0.4, 0.5) is 11.4 Å². The minimum Gasteiger partial charge on any atom is -0.495 e. The van der Waals surface area contributed by atoms with E-state index in [4.69, 9.17) is 21.1 Å². The number of methoxy groups -OCH3 is 2. The van der Waals surface area contributed by atoms with Gasteiger partial charge < -0.3 is 20.1 Å². The minimum absolute atomic E-state index is 0.125. The molecule has 2 rings (SSSR count). The number of hydrogen-bond donors (Lipinski definition) is 2. The summed E-state index contributed by atoms with van der Waals surface area (Å²) in [5.41, 5.74) is 2.81. The van der Waals surface area contributed by atoms with Gasteiger partial charge in [-0.05, 0) is 24.1 Å². The number of carbonyl (C=O) groups is 1. The molecule has 0 aliphatic heterocycles. The predicted molar refractivity (Wildman–Crippen MR) is 102 cm³/mol. The van der Waals surface area contributed by atoms with Crippen LogP contribution in [0.1, 0.15) is 18.9 Å². The molecule has 25 heavy (non-hydrogen) atoms. The first-order valence-corrected chi connectivity index (χ1v) is 8.49. The summed E-state index contributed by atoms with van der Waals surface area (Å²) in [5, 5.41) is 6.49. The Morgan fingerprint density at radius 3 is 2.36 bits per heavy atom. The van der Waals surface area contributed by atoms with Crippen LogP contribution in [0, 0.1) is 0 Å². The Bertz CT molecular complexity index is 717.